The van der Waals surface area contributed by atoms with Gasteiger partial charge in [0.15, 0.2) is 0 Å². The largest absolute Gasteiger partial charge is 0.459 e. The molecule has 3 N–H and O–H groups in total. The van der Waals surface area contributed by atoms with Gasteiger partial charge in [-0.1, -0.05) is 119 Å². The highest BCUT2D eigenvalue weighted by Gasteiger charge is 2.56. The number of fused-ring (bicyclic) bond motifs is 1. The van der Waals surface area contributed by atoms with Gasteiger partial charge in [0.1, 0.15) is 18.1 Å². The summed E-state index contributed by atoms with van der Waals surface area (Å²) < 4.78 is 13.1. The molecule has 2 aliphatic rings. The number of anilines is 1. The molecule has 9 heteroatoms. The van der Waals surface area contributed by atoms with Crippen molar-refractivity contribution in [3.8, 4) is 0 Å². The molecule has 1 aromatic heterocycles. The summed E-state index contributed by atoms with van der Waals surface area (Å²) in [5, 5.41) is 34.8. The first-order valence-corrected chi connectivity index (χ1v) is 21.0. The number of amides is 2. The molecular weight excluding hydrogens is 695 g/mol. The summed E-state index contributed by atoms with van der Waals surface area (Å²) in [6.07, 6.45) is 3.78. The van der Waals surface area contributed by atoms with Crippen LogP contribution in [0.1, 0.15) is 71.3 Å². The molecule has 3 aromatic carbocycles. The third kappa shape index (κ3) is 7.74. The normalized spacial score (nSPS) is 20.1. The number of carbonyl (C=O) groups excluding carboxylic acids is 2. The number of hydrogen-bond acceptors (Lipinski definition) is 7. The molecule has 1 saturated heterocycles. The molecule has 2 amide bonds. The van der Waals surface area contributed by atoms with E-state index in [-0.39, 0.29) is 36.5 Å². The average molecular weight is 748 g/mol. The predicted octanol–water partition coefficient (Wildman–Crippen LogP) is 6.79. The van der Waals surface area contributed by atoms with Gasteiger partial charge in [0.05, 0.1) is 36.8 Å². The Morgan fingerprint density at radius 3 is 2.04 bits per heavy atom. The van der Waals surface area contributed by atoms with Crippen LogP contribution < -0.4 is 15.3 Å². The van der Waals surface area contributed by atoms with Crippen LogP contribution in [0, 0.1) is 17.8 Å². The van der Waals surface area contributed by atoms with E-state index in [9.17, 15) is 24.9 Å². The van der Waals surface area contributed by atoms with Crippen LogP contribution in [0.4, 0.5) is 5.69 Å². The zero-order chi connectivity index (χ0) is 38.5. The Morgan fingerprint density at radius 2 is 1.50 bits per heavy atom. The molecule has 4 atom stereocenters. The van der Waals surface area contributed by atoms with Crippen LogP contribution in [0.25, 0.3) is 6.08 Å². The molecule has 6 rings (SSSR count). The van der Waals surface area contributed by atoms with Crippen molar-refractivity contribution in [3.63, 3.8) is 0 Å². The number of nitrogens with zero attached hydrogens (tertiary/aromatic N) is 1. The summed E-state index contributed by atoms with van der Waals surface area (Å²) in [4.78, 5) is 29.7. The van der Waals surface area contributed by atoms with Crippen molar-refractivity contribution in [2.45, 2.75) is 77.5 Å². The van der Waals surface area contributed by atoms with Crippen molar-refractivity contribution in [1.29, 1.82) is 0 Å². The molecule has 1 fully saturated rings. The lowest BCUT2D eigenvalue weighted by Gasteiger charge is -2.44. The van der Waals surface area contributed by atoms with E-state index in [1.54, 1.807) is 30.3 Å². The van der Waals surface area contributed by atoms with Crippen LogP contribution in [0.3, 0.4) is 0 Å². The van der Waals surface area contributed by atoms with Crippen molar-refractivity contribution in [2.75, 3.05) is 18.1 Å². The summed E-state index contributed by atoms with van der Waals surface area (Å²) in [6.45, 7) is 8.27. The first-order chi connectivity index (χ1) is 26.0. The minimum atomic E-state index is -3.03. The first-order valence-electron chi connectivity index (χ1n) is 19.1. The molecule has 0 radical (unpaired) electrons. The quantitative estimate of drug-likeness (QED) is 0.0697. The number of allylic oxidation sites excluding steroid dienone is 1. The maximum atomic E-state index is 14.2. The lowest BCUT2D eigenvalue weighted by molar-refractivity contribution is -0.123. The molecule has 0 unspecified atom stereocenters. The van der Waals surface area contributed by atoms with Gasteiger partial charge < -0.3 is 24.2 Å². The lowest BCUT2D eigenvalue weighted by Crippen LogP contribution is -2.66. The molecule has 1 aliphatic heterocycles. The van der Waals surface area contributed by atoms with Crippen LogP contribution in [0.2, 0.25) is 5.04 Å². The van der Waals surface area contributed by atoms with Gasteiger partial charge in [-0.25, -0.2) is 0 Å². The van der Waals surface area contributed by atoms with Gasteiger partial charge in [0.2, 0.25) is 11.8 Å². The maximum Gasteiger partial charge on any atom is 0.261 e. The number of furan rings is 1. The Balaban J connectivity index is 1.42. The molecule has 284 valence electrons. The summed E-state index contributed by atoms with van der Waals surface area (Å²) in [5.74, 6) is -1.79. The van der Waals surface area contributed by atoms with E-state index in [2.05, 4.69) is 52.0 Å². The minimum Gasteiger partial charge on any atom is -0.459 e. The molecule has 8 nitrogen and oxygen atoms in total. The van der Waals surface area contributed by atoms with E-state index >= 15 is 0 Å². The van der Waals surface area contributed by atoms with E-state index in [1.807, 2.05) is 54.6 Å². The van der Waals surface area contributed by atoms with E-state index in [0.29, 0.717) is 35.6 Å². The van der Waals surface area contributed by atoms with Gasteiger partial charge in [0.25, 0.3) is 8.32 Å². The zero-order valence-corrected chi connectivity index (χ0v) is 32.8. The van der Waals surface area contributed by atoms with Crippen LogP contribution in [-0.2, 0) is 20.6 Å². The molecule has 2 heterocycles. The monoisotopic (exact) mass is 747 g/mol. The molecule has 0 bridgehead atoms. The summed E-state index contributed by atoms with van der Waals surface area (Å²) >= 11 is 0. The number of rotatable bonds is 15. The van der Waals surface area contributed by atoms with Crippen molar-refractivity contribution in [1.82, 2.24) is 0 Å². The molecule has 0 saturated carbocycles. The van der Waals surface area contributed by atoms with Crippen LogP contribution in [0.5, 0.6) is 0 Å². The number of para-hydroxylation sites is 1. The van der Waals surface area contributed by atoms with Gasteiger partial charge in [-0.15, -0.1) is 0 Å². The van der Waals surface area contributed by atoms with Gasteiger partial charge in [-0.2, -0.15) is 0 Å². The highest BCUT2D eigenvalue weighted by Crippen LogP contribution is 2.48. The molecule has 0 spiro atoms. The van der Waals surface area contributed by atoms with Crippen LogP contribution in [0.15, 0.2) is 124 Å². The number of benzene rings is 3. The van der Waals surface area contributed by atoms with Gasteiger partial charge in [-0.3, -0.25) is 14.5 Å². The van der Waals surface area contributed by atoms with Gasteiger partial charge >= 0.3 is 0 Å². The predicted molar refractivity (Wildman–Crippen MR) is 214 cm³/mol. The molecular formula is C45H53NO7Si. The van der Waals surface area contributed by atoms with Crippen molar-refractivity contribution in [2.24, 2.45) is 17.8 Å². The van der Waals surface area contributed by atoms with Crippen LogP contribution in [-0.4, -0.2) is 54.8 Å². The lowest BCUT2D eigenvalue weighted by atomic mass is 9.68. The molecule has 54 heavy (non-hydrogen) atoms. The Hall–Kier alpha value is -4.38. The van der Waals surface area contributed by atoms with Crippen molar-refractivity contribution in [3.05, 3.63) is 131 Å². The number of hydrogen-bond donors (Lipinski definition) is 3. The second-order valence-electron chi connectivity index (χ2n) is 15.6. The Morgan fingerprint density at radius 1 is 0.889 bits per heavy atom. The number of imide groups is 1. The van der Waals surface area contributed by atoms with E-state index in [1.165, 1.54) is 4.90 Å². The fourth-order valence-corrected chi connectivity index (χ4v) is 13.3. The summed E-state index contributed by atoms with van der Waals surface area (Å²) in [7, 11) is -3.03. The third-order valence-electron chi connectivity index (χ3n) is 11.1. The highest BCUT2D eigenvalue weighted by atomic mass is 28.4. The smallest absolute Gasteiger partial charge is 0.261 e. The number of carbonyl (C=O) groups is 2. The van der Waals surface area contributed by atoms with Gasteiger partial charge in [0, 0.05) is 5.92 Å². The van der Waals surface area contributed by atoms with E-state index in [4.69, 9.17) is 8.84 Å². The van der Waals surface area contributed by atoms with Crippen molar-refractivity contribution < 1.29 is 33.8 Å². The average Bonchev–Trinajstić information content (AvgIpc) is 3.74. The van der Waals surface area contributed by atoms with Crippen LogP contribution >= 0.6 is 0 Å². The Bertz CT molecular complexity index is 1910. The Kier molecular flexibility index (Phi) is 12.3. The SMILES string of the molecule is CCC/C(=C\c1ccc(CO)o1)CC[C@@H](O)C1=C(CO[Si](c2ccccc2)(c2ccccc2)C(C)(C)C)C[C@H]2C(=O)N(c3ccccc3)C(=O)[C@H]2[C@H]1CO. The van der Waals surface area contributed by atoms with E-state index < -0.39 is 38.8 Å². The van der Waals surface area contributed by atoms with E-state index in [0.717, 1.165) is 34.4 Å². The highest BCUT2D eigenvalue weighted by molar-refractivity contribution is 6.99. The second kappa shape index (κ2) is 17.0. The number of aliphatic hydroxyl groups excluding tert-OH is 3. The van der Waals surface area contributed by atoms with Gasteiger partial charge in [-0.05, 0) is 82.6 Å². The molecule has 4 aromatic rings. The number of aliphatic hydroxyl groups is 3. The van der Waals surface area contributed by atoms with Crippen molar-refractivity contribution >= 4 is 42.3 Å². The standard InChI is InChI=1S/C45H53NO7Si/c1-5-15-31(26-34-23-24-35(28-47)53-34)22-25-40(49)41-32(27-38-42(39(41)29-48)44(51)46(43(38)50)33-16-9-6-10-17-33)30-52-54(45(2,3)4,36-18-11-7-12-19-36)37-20-13-8-14-21-37/h6-14,16-21,23-24,26,38-40,42,47-49H,5,15,22,25,27-30H2,1-4H3/b31-26+/t38-,39+,40-,42-/m1/s1. The fourth-order valence-electron chi connectivity index (χ4n) is 8.71. The fraction of sp³-hybridized carbons (Fsp3) is 0.378. The second-order valence-corrected chi connectivity index (χ2v) is 19.9. The zero-order valence-electron chi connectivity index (χ0n) is 31.8. The minimum absolute atomic E-state index is 0.139. The Labute approximate surface area is 319 Å². The maximum absolute atomic E-state index is 14.2. The third-order valence-corrected chi connectivity index (χ3v) is 16.1. The first kappa shape index (κ1) is 39.3. The summed E-state index contributed by atoms with van der Waals surface area (Å²) in [5.41, 5.74) is 2.95. The summed E-state index contributed by atoms with van der Waals surface area (Å²) in [6, 6.07) is 33.2. The molecule has 1 aliphatic carbocycles. The topological polar surface area (TPSA) is 120 Å².